The van der Waals surface area contributed by atoms with Gasteiger partial charge in [0.2, 0.25) is 0 Å². The molecule has 6 nitrogen and oxygen atoms in total. The minimum Gasteiger partial charge on any atom is -0.507 e. The predicted molar refractivity (Wildman–Crippen MR) is 155 cm³/mol. The summed E-state index contributed by atoms with van der Waals surface area (Å²) in [5, 5.41) is 12.6. The van der Waals surface area contributed by atoms with Gasteiger partial charge in [-0.2, -0.15) is 0 Å². The SMILES string of the molecule is CCCc1c(OCCCOc2cc(O)c(-c3cccs3)cc2CC)cccc1Oc1ccccc1C(=O)OC. The van der Waals surface area contributed by atoms with Crippen molar-refractivity contribution in [3.8, 4) is 39.2 Å². The number of ether oxygens (including phenoxy) is 4. The summed E-state index contributed by atoms with van der Waals surface area (Å²) in [6, 6.07) is 20.4. The summed E-state index contributed by atoms with van der Waals surface area (Å²) in [5.41, 5.74) is 3.20. The molecule has 0 unspecified atom stereocenters. The quantitative estimate of drug-likeness (QED) is 0.135. The summed E-state index contributed by atoms with van der Waals surface area (Å²) in [6.07, 6.45) is 3.14. The number of aryl methyl sites for hydroxylation is 1. The highest BCUT2D eigenvalue weighted by Crippen LogP contribution is 2.38. The number of carbonyl (C=O) groups is 1. The zero-order chi connectivity index (χ0) is 27.6. The van der Waals surface area contributed by atoms with Gasteiger partial charge in [0.05, 0.1) is 20.3 Å². The predicted octanol–water partition coefficient (Wildman–Crippen LogP) is 8.06. The van der Waals surface area contributed by atoms with Crippen LogP contribution in [0, 0.1) is 0 Å². The Balaban J connectivity index is 1.40. The number of thiophene rings is 1. The van der Waals surface area contributed by atoms with Crippen molar-refractivity contribution >= 4 is 17.3 Å². The fraction of sp³-hybridized carbons (Fsp3) is 0.281. The third-order valence-corrected chi connectivity index (χ3v) is 7.16. The Bertz CT molecular complexity index is 1380. The van der Waals surface area contributed by atoms with Crippen LogP contribution in [-0.2, 0) is 17.6 Å². The number of esters is 1. The van der Waals surface area contributed by atoms with Crippen LogP contribution in [-0.4, -0.2) is 31.4 Å². The van der Waals surface area contributed by atoms with Crippen LogP contribution in [0.4, 0.5) is 0 Å². The van der Waals surface area contributed by atoms with Crippen molar-refractivity contribution in [1.29, 1.82) is 0 Å². The standard InChI is InChI=1S/C32H34O6S/c1-4-11-23-27(14-8-15-28(23)38-29-13-7-6-12-24(29)32(34)35-3)36-17-10-18-37-30-21-26(33)25(20-22(30)5-2)31-16-9-19-39-31/h6-9,12-16,19-21,33H,4-5,10-11,17-18H2,1-3H3. The Hall–Kier alpha value is -3.97. The van der Waals surface area contributed by atoms with Crippen molar-refractivity contribution in [2.24, 2.45) is 0 Å². The van der Waals surface area contributed by atoms with E-state index in [2.05, 4.69) is 13.8 Å². The molecule has 39 heavy (non-hydrogen) atoms. The number of aromatic hydroxyl groups is 1. The summed E-state index contributed by atoms with van der Waals surface area (Å²) in [5.74, 6) is 2.30. The summed E-state index contributed by atoms with van der Waals surface area (Å²) < 4.78 is 23.3. The van der Waals surface area contributed by atoms with E-state index in [-0.39, 0.29) is 5.75 Å². The van der Waals surface area contributed by atoms with Crippen LogP contribution < -0.4 is 14.2 Å². The number of hydrogen-bond donors (Lipinski definition) is 1. The van der Waals surface area contributed by atoms with Crippen molar-refractivity contribution in [3.05, 3.63) is 88.8 Å². The van der Waals surface area contributed by atoms with E-state index in [1.165, 1.54) is 7.11 Å². The van der Waals surface area contributed by atoms with Gasteiger partial charge in [0.1, 0.15) is 34.3 Å². The number of hydrogen-bond acceptors (Lipinski definition) is 7. The Morgan fingerprint density at radius 1 is 0.872 bits per heavy atom. The Kier molecular flexibility index (Phi) is 9.86. The van der Waals surface area contributed by atoms with Gasteiger partial charge >= 0.3 is 5.97 Å². The topological polar surface area (TPSA) is 74.2 Å². The lowest BCUT2D eigenvalue weighted by atomic mass is 10.1. The van der Waals surface area contributed by atoms with Gasteiger partial charge in [0.25, 0.3) is 0 Å². The maximum Gasteiger partial charge on any atom is 0.341 e. The molecule has 1 heterocycles. The van der Waals surface area contributed by atoms with Crippen LogP contribution >= 0.6 is 11.3 Å². The highest BCUT2D eigenvalue weighted by molar-refractivity contribution is 7.13. The van der Waals surface area contributed by atoms with E-state index >= 15 is 0 Å². The minimum absolute atomic E-state index is 0.218. The van der Waals surface area contributed by atoms with Gasteiger partial charge in [0, 0.05) is 28.5 Å². The van der Waals surface area contributed by atoms with E-state index in [0.717, 1.165) is 46.6 Å². The van der Waals surface area contributed by atoms with E-state index in [4.69, 9.17) is 18.9 Å². The van der Waals surface area contributed by atoms with Gasteiger partial charge in [-0.25, -0.2) is 4.79 Å². The van der Waals surface area contributed by atoms with Crippen LogP contribution in [0.25, 0.3) is 10.4 Å². The molecule has 0 saturated carbocycles. The molecule has 1 aromatic heterocycles. The molecule has 0 aliphatic heterocycles. The second-order valence-corrected chi connectivity index (χ2v) is 9.88. The number of phenols is 1. The summed E-state index contributed by atoms with van der Waals surface area (Å²) in [4.78, 5) is 13.2. The van der Waals surface area contributed by atoms with Crippen molar-refractivity contribution in [2.45, 2.75) is 39.5 Å². The Morgan fingerprint density at radius 3 is 2.33 bits per heavy atom. The van der Waals surface area contributed by atoms with Crippen LogP contribution in [0.1, 0.15) is 48.2 Å². The molecule has 7 heteroatoms. The maximum atomic E-state index is 12.2. The molecular weight excluding hydrogens is 512 g/mol. The molecular formula is C32H34O6S. The third kappa shape index (κ3) is 6.92. The lowest BCUT2D eigenvalue weighted by molar-refractivity contribution is 0.0598. The lowest BCUT2D eigenvalue weighted by Gasteiger charge is -2.17. The number of methoxy groups -OCH3 is 1. The number of benzene rings is 3. The van der Waals surface area contributed by atoms with Crippen LogP contribution in [0.15, 0.2) is 72.1 Å². The highest BCUT2D eigenvalue weighted by atomic mass is 32.1. The second kappa shape index (κ2) is 13.7. The zero-order valence-electron chi connectivity index (χ0n) is 22.6. The fourth-order valence-electron chi connectivity index (χ4n) is 4.30. The van der Waals surface area contributed by atoms with Gasteiger partial charge in [-0.05, 0) is 60.2 Å². The molecule has 3 aromatic carbocycles. The average Bonchev–Trinajstić information content (AvgIpc) is 3.49. The third-order valence-electron chi connectivity index (χ3n) is 6.25. The molecule has 4 aromatic rings. The van der Waals surface area contributed by atoms with Crippen LogP contribution in [0.2, 0.25) is 0 Å². The molecule has 0 saturated heterocycles. The number of para-hydroxylation sites is 1. The second-order valence-electron chi connectivity index (χ2n) is 8.93. The molecule has 1 N–H and O–H groups in total. The molecule has 204 valence electrons. The molecule has 0 spiro atoms. The summed E-state index contributed by atoms with van der Waals surface area (Å²) in [6.45, 7) is 5.09. The molecule has 0 fully saturated rings. The summed E-state index contributed by atoms with van der Waals surface area (Å²) >= 11 is 1.60. The van der Waals surface area contributed by atoms with Gasteiger partial charge in [-0.3, -0.25) is 0 Å². The smallest absolute Gasteiger partial charge is 0.341 e. The van der Waals surface area contributed by atoms with Gasteiger partial charge in [0.15, 0.2) is 0 Å². The first-order valence-corrected chi connectivity index (χ1v) is 14.1. The average molecular weight is 547 g/mol. The van der Waals surface area contributed by atoms with Gasteiger partial charge in [-0.15, -0.1) is 11.3 Å². The van der Waals surface area contributed by atoms with E-state index in [9.17, 15) is 9.90 Å². The van der Waals surface area contributed by atoms with Crippen molar-refractivity contribution in [2.75, 3.05) is 20.3 Å². The maximum absolute atomic E-state index is 12.2. The molecule has 4 rings (SSSR count). The molecule has 0 amide bonds. The summed E-state index contributed by atoms with van der Waals surface area (Å²) in [7, 11) is 1.35. The first-order valence-electron chi connectivity index (χ1n) is 13.2. The van der Waals surface area contributed by atoms with E-state index in [1.54, 1.807) is 35.6 Å². The first-order chi connectivity index (χ1) is 19.0. The van der Waals surface area contributed by atoms with Crippen LogP contribution in [0.5, 0.6) is 28.7 Å². The van der Waals surface area contributed by atoms with Gasteiger partial charge in [-0.1, -0.05) is 44.5 Å². The van der Waals surface area contributed by atoms with E-state index < -0.39 is 5.97 Å². The fourth-order valence-corrected chi connectivity index (χ4v) is 5.05. The molecule has 0 aliphatic rings. The van der Waals surface area contributed by atoms with E-state index in [0.29, 0.717) is 42.4 Å². The number of phenolic OH excluding ortho intramolecular Hbond substituents is 1. The molecule has 0 bridgehead atoms. The number of carbonyl (C=O) groups excluding carboxylic acids is 1. The normalized spacial score (nSPS) is 10.7. The Labute approximate surface area is 233 Å². The molecule has 0 aliphatic carbocycles. The molecule has 0 atom stereocenters. The lowest BCUT2D eigenvalue weighted by Crippen LogP contribution is -2.08. The number of rotatable bonds is 13. The van der Waals surface area contributed by atoms with Crippen molar-refractivity contribution < 1.29 is 28.8 Å². The van der Waals surface area contributed by atoms with Crippen molar-refractivity contribution in [1.82, 2.24) is 0 Å². The first kappa shape index (κ1) is 28.0. The van der Waals surface area contributed by atoms with Crippen LogP contribution in [0.3, 0.4) is 0 Å². The van der Waals surface area contributed by atoms with E-state index in [1.807, 2.05) is 47.8 Å². The minimum atomic E-state index is -0.448. The van der Waals surface area contributed by atoms with Crippen molar-refractivity contribution in [3.63, 3.8) is 0 Å². The largest absolute Gasteiger partial charge is 0.507 e. The Morgan fingerprint density at radius 2 is 1.62 bits per heavy atom. The van der Waals surface area contributed by atoms with Gasteiger partial charge < -0.3 is 24.1 Å². The molecule has 0 radical (unpaired) electrons. The monoisotopic (exact) mass is 546 g/mol. The zero-order valence-corrected chi connectivity index (χ0v) is 23.4. The highest BCUT2D eigenvalue weighted by Gasteiger charge is 2.17.